The smallest absolute Gasteiger partial charge is 0.160 e. The van der Waals surface area contributed by atoms with Crippen LogP contribution in [-0.4, -0.2) is 82.4 Å². The van der Waals surface area contributed by atoms with Gasteiger partial charge in [-0.15, -0.1) is 0 Å². The van der Waals surface area contributed by atoms with Gasteiger partial charge in [0.25, 0.3) is 0 Å². The Labute approximate surface area is 224 Å². The number of methoxy groups -OCH3 is 2. The van der Waals surface area contributed by atoms with Gasteiger partial charge in [-0.2, -0.15) is 0 Å². The number of ether oxygens (including phenoxy) is 4. The first kappa shape index (κ1) is 33.8. The van der Waals surface area contributed by atoms with Crippen molar-refractivity contribution < 1.29 is 28.5 Å². The minimum Gasteiger partial charge on any atom is -0.387 e. The van der Waals surface area contributed by atoms with Crippen LogP contribution in [0, 0.1) is 35.5 Å². The molecule has 0 aromatic rings. The molecule has 11 atom stereocenters. The summed E-state index contributed by atoms with van der Waals surface area (Å²) in [5.41, 5.74) is 0. The van der Waals surface area contributed by atoms with Crippen LogP contribution in [0.3, 0.4) is 0 Å². The quantitative estimate of drug-likeness (QED) is 0.271. The van der Waals surface area contributed by atoms with E-state index in [-0.39, 0.29) is 24.8 Å². The lowest BCUT2D eigenvalue weighted by Gasteiger charge is -2.43. The predicted molar refractivity (Wildman–Crippen MR) is 149 cm³/mol. The van der Waals surface area contributed by atoms with E-state index in [1.165, 1.54) is 6.42 Å². The van der Waals surface area contributed by atoms with Gasteiger partial charge in [0, 0.05) is 26.1 Å². The number of nitrogens with zero attached hydrogens (tertiary/aromatic N) is 1. The SMILES string of the molecule is CCCC1OC(OC)C(C)C(C)C1C.COC1OC(CCCCC(O)C[N+](C)(C)C)C(C)C(C)C1C. The van der Waals surface area contributed by atoms with E-state index >= 15 is 0 Å². The lowest BCUT2D eigenvalue weighted by atomic mass is 9.77. The van der Waals surface area contributed by atoms with E-state index < -0.39 is 0 Å². The number of rotatable bonds is 11. The molecule has 2 fully saturated rings. The minimum absolute atomic E-state index is 0.00208. The Kier molecular flexibility index (Phi) is 15.0. The third kappa shape index (κ3) is 10.5. The monoisotopic (exact) mass is 516 g/mol. The maximum atomic E-state index is 10.1. The summed E-state index contributed by atoms with van der Waals surface area (Å²) in [6.45, 7) is 16.7. The molecular formula is C30H62NO5+. The van der Waals surface area contributed by atoms with E-state index in [2.05, 4.69) is 69.6 Å². The number of hydrogen-bond donors (Lipinski definition) is 1. The Balaban J connectivity index is 0.000000397. The first-order valence-electron chi connectivity index (χ1n) is 14.6. The third-order valence-corrected chi connectivity index (χ3v) is 9.04. The molecule has 2 saturated heterocycles. The van der Waals surface area contributed by atoms with Gasteiger partial charge in [-0.3, -0.25) is 0 Å². The average Bonchev–Trinajstić information content (AvgIpc) is 2.81. The summed E-state index contributed by atoms with van der Waals surface area (Å²) < 4.78 is 23.8. The highest BCUT2D eigenvalue weighted by molar-refractivity contribution is 4.83. The van der Waals surface area contributed by atoms with Crippen molar-refractivity contribution in [2.75, 3.05) is 41.9 Å². The van der Waals surface area contributed by atoms with Gasteiger partial charge in [-0.25, -0.2) is 0 Å². The molecule has 0 aliphatic carbocycles. The molecule has 2 aliphatic heterocycles. The summed E-state index contributed by atoms with van der Waals surface area (Å²) in [5.74, 6) is 3.47. The van der Waals surface area contributed by atoms with E-state index in [1.807, 2.05) is 0 Å². The number of likely N-dealkylation sites (N-methyl/N-ethyl adjacent to an activating group) is 1. The molecule has 6 nitrogen and oxygen atoms in total. The van der Waals surface area contributed by atoms with E-state index in [0.717, 1.165) is 43.1 Å². The van der Waals surface area contributed by atoms with Crippen molar-refractivity contribution in [1.29, 1.82) is 0 Å². The van der Waals surface area contributed by atoms with Crippen molar-refractivity contribution in [3.05, 3.63) is 0 Å². The molecule has 36 heavy (non-hydrogen) atoms. The second-order valence-electron chi connectivity index (χ2n) is 12.9. The largest absolute Gasteiger partial charge is 0.387 e. The lowest BCUT2D eigenvalue weighted by molar-refractivity contribution is -0.873. The number of unbranched alkanes of at least 4 members (excludes halogenated alkanes) is 1. The Bertz CT molecular complexity index is 576. The second-order valence-corrected chi connectivity index (χ2v) is 12.9. The van der Waals surface area contributed by atoms with Gasteiger partial charge in [0.05, 0.1) is 33.4 Å². The zero-order valence-electron chi connectivity index (χ0n) is 25.8. The summed E-state index contributed by atoms with van der Waals surface area (Å²) in [7, 11) is 9.84. The van der Waals surface area contributed by atoms with Crippen LogP contribution in [0.2, 0.25) is 0 Å². The molecule has 0 radical (unpaired) electrons. The second kappa shape index (κ2) is 16.0. The first-order valence-corrected chi connectivity index (χ1v) is 14.6. The molecule has 0 amide bonds. The van der Waals surface area contributed by atoms with Crippen LogP contribution >= 0.6 is 0 Å². The van der Waals surface area contributed by atoms with Gasteiger partial charge in [0.2, 0.25) is 0 Å². The normalized spacial score (nSPS) is 38.2. The van der Waals surface area contributed by atoms with Crippen molar-refractivity contribution in [3.63, 3.8) is 0 Å². The van der Waals surface area contributed by atoms with Crippen LogP contribution in [0.15, 0.2) is 0 Å². The molecule has 0 bridgehead atoms. The fourth-order valence-electron chi connectivity index (χ4n) is 5.91. The van der Waals surface area contributed by atoms with Crippen molar-refractivity contribution in [3.8, 4) is 0 Å². The van der Waals surface area contributed by atoms with Crippen LogP contribution in [-0.2, 0) is 18.9 Å². The average molecular weight is 517 g/mol. The zero-order chi connectivity index (χ0) is 27.6. The van der Waals surface area contributed by atoms with Crippen LogP contribution < -0.4 is 0 Å². The van der Waals surface area contributed by atoms with Crippen molar-refractivity contribution in [2.45, 2.75) is 118 Å². The van der Waals surface area contributed by atoms with Gasteiger partial charge in [0.15, 0.2) is 12.6 Å². The van der Waals surface area contributed by atoms with E-state index in [0.29, 0.717) is 41.6 Å². The van der Waals surface area contributed by atoms with Crippen molar-refractivity contribution >= 4 is 0 Å². The fraction of sp³-hybridized carbons (Fsp3) is 1.00. The van der Waals surface area contributed by atoms with Gasteiger partial charge in [0.1, 0.15) is 12.6 Å². The van der Waals surface area contributed by atoms with E-state index in [1.54, 1.807) is 14.2 Å². The highest BCUT2D eigenvalue weighted by atomic mass is 16.7. The Morgan fingerprint density at radius 3 is 1.53 bits per heavy atom. The molecule has 2 aliphatic rings. The van der Waals surface area contributed by atoms with Crippen molar-refractivity contribution in [1.82, 2.24) is 0 Å². The summed E-state index contributed by atoms with van der Waals surface area (Å²) in [6.07, 6.45) is 6.86. The fourth-order valence-corrected chi connectivity index (χ4v) is 5.91. The summed E-state index contributed by atoms with van der Waals surface area (Å²) in [4.78, 5) is 0. The molecule has 0 aromatic heterocycles. The molecule has 6 heteroatoms. The maximum absolute atomic E-state index is 10.1. The topological polar surface area (TPSA) is 57.2 Å². The van der Waals surface area contributed by atoms with Gasteiger partial charge < -0.3 is 28.5 Å². The number of aliphatic hydroxyl groups is 1. The van der Waals surface area contributed by atoms with Crippen molar-refractivity contribution in [2.24, 2.45) is 35.5 Å². The molecule has 0 aromatic carbocycles. The number of quaternary nitrogens is 1. The number of aliphatic hydroxyl groups excluding tert-OH is 1. The molecule has 11 unspecified atom stereocenters. The summed E-state index contributed by atoms with van der Waals surface area (Å²) in [6, 6.07) is 0. The summed E-state index contributed by atoms with van der Waals surface area (Å²) >= 11 is 0. The highest BCUT2D eigenvalue weighted by Crippen LogP contribution is 2.38. The third-order valence-electron chi connectivity index (χ3n) is 9.04. The van der Waals surface area contributed by atoms with Crippen LogP contribution in [0.4, 0.5) is 0 Å². The van der Waals surface area contributed by atoms with E-state index in [4.69, 9.17) is 18.9 Å². The van der Waals surface area contributed by atoms with E-state index in [9.17, 15) is 5.11 Å². The molecular weight excluding hydrogens is 454 g/mol. The van der Waals surface area contributed by atoms with Crippen LogP contribution in [0.1, 0.15) is 87.0 Å². The molecule has 216 valence electrons. The van der Waals surface area contributed by atoms with Crippen LogP contribution in [0.5, 0.6) is 0 Å². The molecule has 2 rings (SSSR count). The highest BCUT2D eigenvalue weighted by Gasteiger charge is 2.39. The lowest BCUT2D eigenvalue weighted by Crippen LogP contribution is -2.45. The zero-order valence-corrected chi connectivity index (χ0v) is 25.8. The minimum atomic E-state index is -0.199. The predicted octanol–water partition coefficient (Wildman–Crippen LogP) is 5.96. The van der Waals surface area contributed by atoms with Crippen LogP contribution in [0.25, 0.3) is 0 Å². The molecule has 1 N–H and O–H groups in total. The van der Waals surface area contributed by atoms with Gasteiger partial charge >= 0.3 is 0 Å². The standard InChI is InChI=1S/C18H38NO3.C12H24O2/c1-13-14(2)17(22-18(21-7)15(13)3)11-9-8-10-16(20)12-19(4,5)6;1-6-7-11-9(3)8(2)10(4)12(13-5)14-11/h13-18,20H,8-12H2,1-7H3;8-12H,6-7H2,1-5H3/q+1;. The Hall–Kier alpha value is -0.240. The van der Waals surface area contributed by atoms with Gasteiger partial charge in [-0.1, -0.05) is 67.7 Å². The molecule has 2 heterocycles. The number of hydrogen-bond acceptors (Lipinski definition) is 5. The first-order chi connectivity index (χ1) is 16.8. The summed E-state index contributed by atoms with van der Waals surface area (Å²) in [5, 5.41) is 10.1. The molecule has 0 saturated carbocycles. The van der Waals surface area contributed by atoms with Gasteiger partial charge in [-0.05, 0) is 42.9 Å². The molecule has 0 spiro atoms. The Morgan fingerprint density at radius 2 is 1.14 bits per heavy atom. The Morgan fingerprint density at radius 1 is 0.694 bits per heavy atom. The maximum Gasteiger partial charge on any atom is 0.160 e.